The quantitative estimate of drug-likeness (QED) is 0.188. The fourth-order valence-electron chi connectivity index (χ4n) is 1.30. The van der Waals surface area contributed by atoms with Crippen LogP contribution in [-0.2, 0) is 23.9 Å². The molecule has 0 saturated carbocycles. The van der Waals surface area contributed by atoms with Crippen LogP contribution < -0.4 is 5.32 Å². The van der Waals surface area contributed by atoms with E-state index in [1.54, 1.807) is 13.8 Å². The van der Waals surface area contributed by atoms with Gasteiger partial charge in [0.25, 0.3) is 0 Å². The van der Waals surface area contributed by atoms with Crippen molar-refractivity contribution in [3.8, 4) is 0 Å². The zero-order valence-electron chi connectivity index (χ0n) is 12.9. The van der Waals surface area contributed by atoms with Crippen molar-refractivity contribution in [1.29, 1.82) is 0 Å². The van der Waals surface area contributed by atoms with Crippen molar-refractivity contribution in [2.24, 2.45) is 5.92 Å². The number of aliphatic carboxylic acids is 1. The van der Waals surface area contributed by atoms with Crippen LogP contribution in [-0.4, -0.2) is 59.2 Å². The Bertz CT molecular complexity index is 498. The zero-order chi connectivity index (χ0) is 17.8. The van der Waals surface area contributed by atoms with Crippen molar-refractivity contribution >= 4 is 30.0 Å². The number of ketones is 1. The highest BCUT2D eigenvalue weighted by Crippen LogP contribution is 1.99. The van der Waals surface area contributed by atoms with Gasteiger partial charge in [-0.1, -0.05) is 13.8 Å². The molecule has 1 unspecified atom stereocenters. The van der Waals surface area contributed by atoms with Gasteiger partial charge in [-0.15, -0.1) is 0 Å². The van der Waals surface area contributed by atoms with E-state index in [0.29, 0.717) is 6.21 Å². The summed E-state index contributed by atoms with van der Waals surface area (Å²) >= 11 is 0. The number of amides is 1. The lowest BCUT2D eigenvalue weighted by atomic mass is 10.1. The number of carboxylic acid groups (broad SMARTS) is 1. The molecule has 0 aliphatic rings. The normalized spacial score (nSPS) is 11.1. The maximum atomic E-state index is 11.4. The molecule has 0 fully saturated rings. The molecule has 0 aromatic carbocycles. The molecular weight excluding hydrogens is 310 g/mol. The molecule has 0 bridgehead atoms. The number of alkyl carbamates (subject to hydrolysis) is 1. The van der Waals surface area contributed by atoms with Crippen molar-refractivity contribution in [3.63, 3.8) is 0 Å². The maximum Gasteiger partial charge on any atom is 0.407 e. The third-order valence-corrected chi connectivity index (χ3v) is 2.50. The fourth-order valence-corrected chi connectivity index (χ4v) is 1.30. The Balaban J connectivity index is 4.15. The number of carbonyl (C=O) groups excluding carboxylic acids is 3. The van der Waals surface area contributed by atoms with E-state index in [1.807, 2.05) is 0 Å². The molecule has 2 N–H and O–H groups in total. The second kappa shape index (κ2) is 10.9. The van der Waals surface area contributed by atoms with E-state index in [-0.39, 0.29) is 32.0 Å². The summed E-state index contributed by atoms with van der Waals surface area (Å²) in [6.45, 7) is 2.92. The largest absolute Gasteiger partial charge is 0.480 e. The summed E-state index contributed by atoms with van der Waals surface area (Å²) in [4.78, 5) is 47.1. The number of carbonyl (C=O) groups is 4. The van der Waals surface area contributed by atoms with E-state index < -0.39 is 29.9 Å². The molecule has 10 heteroatoms. The first kappa shape index (κ1) is 20.3. The predicted molar refractivity (Wildman–Crippen MR) is 75.6 cm³/mol. The third-order valence-electron chi connectivity index (χ3n) is 2.50. The number of nitrogens with zero attached hydrogens (tertiary/aromatic N) is 2. The number of hydrogen-bond acceptors (Lipinski definition) is 6. The van der Waals surface area contributed by atoms with Crippen LogP contribution in [0.25, 0.3) is 5.53 Å². The van der Waals surface area contributed by atoms with Gasteiger partial charge in [0.2, 0.25) is 5.78 Å². The van der Waals surface area contributed by atoms with Gasteiger partial charge in [0, 0.05) is 6.42 Å². The van der Waals surface area contributed by atoms with Gasteiger partial charge in [-0.25, -0.2) is 9.59 Å². The van der Waals surface area contributed by atoms with Crippen LogP contribution in [0.15, 0.2) is 0 Å². The highest BCUT2D eigenvalue weighted by Gasteiger charge is 2.22. The van der Waals surface area contributed by atoms with Crippen molar-refractivity contribution in [2.75, 3.05) is 13.2 Å². The van der Waals surface area contributed by atoms with Gasteiger partial charge >= 0.3 is 24.2 Å². The molecule has 0 spiro atoms. The van der Waals surface area contributed by atoms with Crippen LogP contribution in [0.4, 0.5) is 4.79 Å². The van der Waals surface area contributed by atoms with Gasteiger partial charge < -0.3 is 25.4 Å². The van der Waals surface area contributed by atoms with Crippen molar-refractivity contribution in [1.82, 2.24) is 5.32 Å². The average Bonchev–Trinajstić information content (AvgIpc) is 2.47. The van der Waals surface area contributed by atoms with Crippen molar-refractivity contribution in [3.05, 3.63) is 5.53 Å². The summed E-state index contributed by atoms with van der Waals surface area (Å²) in [5, 5.41) is 11.0. The first-order chi connectivity index (χ1) is 10.8. The molecule has 0 rings (SSSR count). The number of nitrogens with one attached hydrogen (secondary N) is 1. The van der Waals surface area contributed by atoms with Crippen LogP contribution in [0.1, 0.15) is 26.7 Å². The first-order valence-corrected chi connectivity index (χ1v) is 6.81. The molecule has 0 aromatic heterocycles. The van der Waals surface area contributed by atoms with E-state index in [1.165, 1.54) is 0 Å². The lowest BCUT2D eigenvalue weighted by Gasteiger charge is -2.13. The minimum absolute atomic E-state index is 0.145. The lowest BCUT2D eigenvalue weighted by molar-refractivity contribution is -0.148. The van der Waals surface area contributed by atoms with E-state index in [4.69, 9.17) is 15.4 Å². The Kier molecular flexibility index (Phi) is 9.61. The average molecular weight is 329 g/mol. The molecule has 0 heterocycles. The number of carboxylic acids is 1. The Morgan fingerprint density at radius 3 is 2.35 bits per heavy atom. The Labute approximate surface area is 132 Å². The van der Waals surface area contributed by atoms with Crippen LogP contribution in [0, 0.1) is 5.92 Å². The minimum atomic E-state index is -1.35. The van der Waals surface area contributed by atoms with Gasteiger partial charge in [0.1, 0.15) is 19.3 Å². The first-order valence-electron chi connectivity index (χ1n) is 6.81. The topological polar surface area (TPSA) is 155 Å². The van der Waals surface area contributed by atoms with Crippen LogP contribution >= 0.6 is 0 Å². The minimum Gasteiger partial charge on any atom is -0.480 e. The van der Waals surface area contributed by atoms with E-state index in [9.17, 15) is 19.2 Å². The molecule has 0 saturated heterocycles. The number of Topliss-reactive ketones (excluding diaryl/α,β-unsaturated/α-hetero) is 1. The molecule has 1 atom stereocenters. The van der Waals surface area contributed by atoms with Gasteiger partial charge in [-0.2, -0.15) is 4.79 Å². The molecule has 10 nitrogen and oxygen atoms in total. The van der Waals surface area contributed by atoms with E-state index in [2.05, 4.69) is 14.8 Å². The smallest absolute Gasteiger partial charge is 0.407 e. The number of esters is 1. The molecule has 23 heavy (non-hydrogen) atoms. The molecule has 0 radical (unpaired) electrons. The number of rotatable bonds is 10. The Hall–Kier alpha value is -2.74. The second-order valence-electron chi connectivity index (χ2n) is 4.74. The summed E-state index contributed by atoms with van der Waals surface area (Å²) in [5.41, 5.74) is 8.16. The Morgan fingerprint density at radius 2 is 1.83 bits per heavy atom. The summed E-state index contributed by atoms with van der Waals surface area (Å²) in [5.74, 6) is -2.68. The number of ether oxygens (including phenoxy) is 2. The van der Waals surface area contributed by atoms with Crippen molar-refractivity contribution in [2.45, 2.75) is 32.7 Å². The van der Waals surface area contributed by atoms with E-state index in [0.717, 1.165) is 0 Å². The molecule has 0 aromatic rings. The van der Waals surface area contributed by atoms with Crippen LogP contribution in [0.3, 0.4) is 0 Å². The fraction of sp³-hybridized carbons (Fsp3) is 0.615. The Morgan fingerprint density at radius 1 is 1.22 bits per heavy atom. The second-order valence-corrected chi connectivity index (χ2v) is 4.74. The maximum absolute atomic E-state index is 11.4. The van der Waals surface area contributed by atoms with Gasteiger partial charge in [-0.05, 0) is 6.42 Å². The van der Waals surface area contributed by atoms with Crippen molar-refractivity contribution < 1.29 is 38.5 Å². The van der Waals surface area contributed by atoms with Crippen LogP contribution in [0.2, 0.25) is 0 Å². The summed E-state index contributed by atoms with van der Waals surface area (Å²) in [6, 6.07) is -1.34. The lowest BCUT2D eigenvalue weighted by Crippen LogP contribution is -2.41. The molecule has 0 aliphatic heterocycles. The number of hydrogen-bond donors (Lipinski definition) is 2. The molecule has 128 valence electrons. The highest BCUT2D eigenvalue weighted by molar-refractivity contribution is 6.25. The molecule has 0 aliphatic carbocycles. The van der Waals surface area contributed by atoms with Gasteiger partial charge in [-0.3, -0.25) is 9.59 Å². The zero-order valence-corrected chi connectivity index (χ0v) is 12.9. The monoisotopic (exact) mass is 329 g/mol. The van der Waals surface area contributed by atoms with Gasteiger partial charge in [0.05, 0.1) is 5.92 Å². The molecule has 1 amide bonds. The summed E-state index contributed by atoms with van der Waals surface area (Å²) in [6.07, 6.45) is -0.799. The summed E-state index contributed by atoms with van der Waals surface area (Å²) in [7, 11) is 0. The molecular formula is C13H19N3O7. The summed E-state index contributed by atoms with van der Waals surface area (Å²) < 4.78 is 9.43. The standard InChI is InChI=1S/C13H19N3O7/c1-8(2)12(20)22-5-6-23-13(21)16-10(11(18)19)4-3-9(17)7-15-14/h7-8,10H,3-6H2,1-2H3,(H,16,21)(H,18,19). The third kappa shape index (κ3) is 9.75. The van der Waals surface area contributed by atoms with Crippen LogP contribution in [0.5, 0.6) is 0 Å². The predicted octanol–water partition coefficient (Wildman–Crippen LogP) is 0.0149. The SMILES string of the molecule is CC(C)C(=O)OCCOC(=O)NC(CCC(=O)C=[N+]=[N-])C(=O)O. The van der Waals surface area contributed by atoms with Gasteiger partial charge in [0.15, 0.2) is 0 Å². The highest BCUT2D eigenvalue weighted by atomic mass is 16.6. The van der Waals surface area contributed by atoms with E-state index >= 15 is 0 Å².